The van der Waals surface area contributed by atoms with E-state index in [1.54, 1.807) is 25.2 Å². The topological polar surface area (TPSA) is 84.2 Å². The molecule has 3 aromatic rings. The summed E-state index contributed by atoms with van der Waals surface area (Å²) >= 11 is 12.0. The Morgan fingerprint density at radius 1 is 1.22 bits per heavy atom. The van der Waals surface area contributed by atoms with Crippen molar-refractivity contribution in [2.45, 2.75) is 31.3 Å². The first-order chi connectivity index (χ1) is 13.1. The number of hydrogen-bond donors (Lipinski definition) is 3. The van der Waals surface area contributed by atoms with E-state index in [1.165, 1.54) is 6.33 Å². The Morgan fingerprint density at radius 3 is 2.85 bits per heavy atom. The van der Waals surface area contributed by atoms with Crippen LogP contribution in [0.4, 0.5) is 5.82 Å². The highest BCUT2D eigenvalue weighted by Crippen LogP contribution is 2.38. The number of aliphatic hydroxyl groups excluding tert-OH is 1. The van der Waals surface area contributed by atoms with E-state index in [0.717, 1.165) is 23.9 Å². The maximum absolute atomic E-state index is 10.7. The number of aliphatic hydroxyl groups is 1. The van der Waals surface area contributed by atoms with Gasteiger partial charge in [0.2, 0.25) is 0 Å². The predicted octanol–water partition coefficient (Wildman–Crippen LogP) is 3.70. The lowest BCUT2D eigenvalue weighted by Gasteiger charge is -2.21. The van der Waals surface area contributed by atoms with Gasteiger partial charge in [-0.3, -0.25) is 0 Å². The van der Waals surface area contributed by atoms with Crippen molar-refractivity contribution in [2.75, 3.05) is 12.5 Å². The minimum absolute atomic E-state index is 0.206. The van der Waals surface area contributed by atoms with Gasteiger partial charge >= 0.3 is 0 Å². The van der Waals surface area contributed by atoms with E-state index in [0.29, 0.717) is 21.4 Å². The fourth-order valence-corrected chi connectivity index (χ4v) is 3.72. The van der Waals surface area contributed by atoms with Crippen LogP contribution < -0.4 is 10.9 Å². The Bertz CT molecular complexity index is 964. The molecule has 1 aliphatic heterocycles. The first-order valence-corrected chi connectivity index (χ1v) is 9.37. The molecule has 3 atom stereocenters. The Labute approximate surface area is 166 Å². The van der Waals surface area contributed by atoms with E-state index < -0.39 is 6.10 Å². The molecular weight excluding hydrogens is 389 g/mol. The van der Waals surface area contributed by atoms with Crippen molar-refractivity contribution in [3.05, 3.63) is 52.4 Å². The molecule has 0 spiro atoms. The summed E-state index contributed by atoms with van der Waals surface area (Å²) in [6.07, 6.45) is 3.62. The van der Waals surface area contributed by atoms with Gasteiger partial charge in [-0.25, -0.2) is 15.4 Å². The van der Waals surface area contributed by atoms with Gasteiger partial charge in [0.05, 0.1) is 21.5 Å². The van der Waals surface area contributed by atoms with Crippen molar-refractivity contribution in [1.82, 2.24) is 20.0 Å². The molecule has 142 valence electrons. The number of anilines is 1. The van der Waals surface area contributed by atoms with Crippen LogP contribution in [0.2, 0.25) is 10.0 Å². The van der Waals surface area contributed by atoms with E-state index in [-0.39, 0.29) is 12.3 Å². The van der Waals surface area contributed by atoms with Gasteiger partial charge in [0.25, 0.3) is 0 Å². The Kier molecular flexibility index (Phi) is 5.21. The number of halogens is 2. The van der Waals surface area contributed by atoms with Gasteiger partial charge in [-0.05, 0) is 36.6 Å². The number of benzene rings is 1. The molecule has 3 N–H and O–H groups in total. The normalized spacial score (nSPS) is 20.9. The smallest absolute Gasteiger partial charge is 0.153 e. The fourth-order valence-electron chi connectivity index (χ4n) is 3.41. The number of nitrogens with one attached hydrogen (secondary N) is 2. The van der Waals surface area contributed by atoms with Crippen molar-refractivity contribution >= 4 is 40.1 Å². The zero-order valence-corrected chi connectivity index (χ0v) is 16.1. The molecule has 2 aromatic heterocycles. The average Bonchev–Trinajstić information content (AvgIpc) is 3.31. The average molecular weight is 408 g/mol. The second-order valence-corrected chi connectivity index (χ2v) is 7.20. The summed E-state index contributed by atoms with van der Waals surface area (Å²) in [5, 5.41) is 12.5. The summed E-state index contributed by atoms with van der Waals surface area (Å²) in [5.41, 5.74) is 7.33. The van der Waals surface area contributed by atoms with Crippen molar-refractivity contribution in [3.63, 3.8) is 0 Å². The Morgan fingerprint density at radius 2 is 2.07 bits per heavy atom. The highest BCUT2D eigenvalue weighted by Gasteiger charge is 2.33. The van der Waals surface area contributed by atoms with E-state index in [4.69, 9.17) is 27.9 Å². The zero-order chi connectivity index (χ0) is 19.0. The van der Waals surface area contributed by atoms with Crippen molar-refractivity contribution in [3.8, 4) is 0 Å². The first-order valence-electron chi connectivity index (χ1n) is 8.61. The van der Waals surface area contributed by atoms with Crippen molar-refractivity contribution in [1.29, 1.82) is 0 Å². The molecule has 1 aliphatic rings. The van der Waals surface area contributed by atoms with Crippen LogP contribution in [-0.4, -0.2) is 32.8 Å². The van der Waals surface area contributed by atoms with Crippen LogP contribution in [0.15, 0.2) is 36.8 Å². The maximum Gasteiger partial charge on any atom is 0.153 e. The third kappa shape index (κ3) is 3.49. The summed E-state index contributed by atoms with van der Waals surface area (Å²) in [6.45, 7) is 0. The lowest BCUT2D eigenvalue weighted by atomic mass is 10.0. The number of aromatic nitrogens is 3. The molecule has 27 heavy (non-hydrogen) atoms. The summed E-state index contributed by atoms with van der Waals surface area (Å²) < 4.78 is 8.11. The monoisotopic (exact) mass is 407 g/mol. The minimum Gasteiger partial charge on any atom is -0.386 e. The van der Waals surface area contributed by atoms with Crippen LogP contribution in [0.25, 0.3) is 11.0 Å². The summed E-state index contributed by atoms with van der Waals surface area (Å²) in [6, 6.07) is 7.07. The number of nitrogens with zero attached hydrogens (tertiary/aromatic N) is 3. The molecule has 0 aliphatic carbocycles. The van der Waals surface area contributed by atoms with Gasteiger partial charge in [-0.15, -0.1) is 0 Å². The number of fused-ring (bicyclic) bond motifs is 1. The molecular formula is C18H19Cl2N5O2. The first kappa shape index (κ1) is 18.5. The lowest BCUT2D eigenvalue weighted by Crippen LogP contribution is -2.19. The highest BCUT2D eigenvalue weighted by molar-refractivity contribution is 6.42. The zero-order valence-electron chi connectivity index (χ0n) is 14.6. The standard InChI is InChI=1S/C18H19Cl2N5O2/c1-21-24-17-11-6-7-25(18(11)23-9-22-17)15-5-4-14(27-15)16(26)10-2-3-12(19)13(20)8-10/h2-3,6-9,14-16,21,26H,4-5H2,1H3,(H,22,23,24). The number of hydrogen-bond acceptors (Lipinski definition) is 6. The quantitative estimate of drug-likeness (QED) is 0.559. The molecule has 4 rings (SSSR count). The molecule has 0 saturated carbocycles. The van der Waals surface area contributed by atoms with Gasteiger partial charge in [0.15, 0.2) is 5.82 Å². The second-order valence-electron chi connectivity index (χ2n) is 6.38. The van der Waals surface area contributed by atoms with Crippen LogP contribution in [0.1, 0.15) is 30.7 Å². The molecule has 9 heteroatoms. The molecule has 1 fully saturated rings. The summed E-state index contributed by atoms with van der Waals surface area (Å²) in [7, 11) is 1.78. The van der Waals surface area contributed by atoms with Crippen molar-refractivity contribution < 1.29 is 9.84 Å². The highest BCUT2D eigenvalue weighted by atomic mass is 35.5. The van der Waals surface area contributed by atoms with Crippen LogP contribution in [0, 0.1) is 0 Å². The van der Waals surface area contributed by atoms with E-state index >= 15 is 0 Å². The largest absolute Gasteiger partial charge is 0.386 e. The van der Waals surface area contributed by atoms with Gasteiger partial charge in [-0.1, -0.05) is 29.3 Å². The van der Waals surface area contributed by atoms with Crippen molar-refractivity contribution in [2.24, 2.45) is 0 Å². The van der Waals surface area contributed by atoms with Crippen LogP contribution in [0.5, 0.6) is 0 Å². The summed E-state index contributed by atoms with van der Waals surface area (Å²) in [5.74, 6) is 0.701. The van der Waals surface area contributed by atoms with Gasteiger partial charge in [-0.2, -0.15) is 0 Å². The number of ether oxygens (including phenoxy) is 1. The molecule has 0 amide bonds. The third-order valence-electron chi connectivity index (χ3n) is 4.73. The van der Waals surface area contributed by atoms with E-state index in [9.17, 15) is 5.11 Å². The second kappa shape index (κ2) is 7.61. The molecule has 3 heterocycles. The Balaban J connectivity index is 1.55. The molecule has 1 saturated heterocycles. The van der Waals surface area contributed by atoms with E-state index in [2.05, 4.69) is 20.8 Å². The molecule has 1 aromatic carbocycles. The van der Waals surface area contributed by atoms with Crippen LogP contribution in [-0.2, 0) is 4.74 Å². The molecule has 0 radical (unpaired) electrons. The van der Waals surface area contributed by atoms with Gasteiger partial charge < -0.3 is 19.8 Å². The molecule has 0 bridgehead atoms. The van der Waals surface area contributed by atoms with E-state index in [1.807, 2.05) is 16.8 Å². The summed E-state index contributed by atoms with van der Waals surface area (Å²) in [4.78, 5) is 8.62. The third-order valence-corrected chi connectivity index (χ3v) is 5.47. The van der Waals surface area contributed by atoms with Gasteiger partial charge in [0, 0.05) is 13.2 Å². The Hall–Kier alpha value is -1.90. The van der Waals surface area contributed by atoms with Crippen LogP contribution >= 0.6 is 23.2 Å². The minimum atomic E-state index is -0.775. The predicted molar refractivity (Wildman–Crippen MR) is 105 cm³/mol. The van der Waals surface area contributed by atoms with Crippen LogP contribution in [0.3, 0.4) is 0 Å². The molecule has 7 nitrogen and oxygen atoms in total. The number of hydrazine groups is 1. The van der Waals surface area contributed by atoms with Gasteiger partial charge in [0.1, 0.15) is 24.3 Å². The SMILES string of the molecule is CNNc1ncnc2c1ccn2C1CCC(C(O)c2ccc(Cl)c(Cl)c2)O1. The number of rotatable bonds is 5. The lowest BCUT2D eigenvalue weighted by molar-refractivity contribution is -0.0590. The molecule has 3 unspecified atom stereocenters. The fraction of sp³-hybridized carbons (Fsp3) is 0.333. The maximum atomic E-state index is 10.7.